The number of primary amides is 1. The quantitative estimate of drug-likeness (QED) is 0.152. The van der Waals surface area contributed by atoms with Crippen molar-refractivity contribution in [1.29, 1.82) is 0 Å². The molecule has 0 aliphatic rings. The van der Waals surface area contributed by atoms with Crippen LogP contribution in [-0.2, 0) is 43.2 Å². The molecule has 11 nitrogen and oxygen atoms in total. The first-order valence-corrected chi connectivity index (χ1v) is 13.4. The highest BCUT2D eigenvalue weighted by molar-refractivity contribution is 5.95. The van der Waals surface area contributed by atoms with Crippen LogP contribution in [0.4, 0.5) is 0 Å². The van der Waals surface area contributed by atoms with Crippen LogP contribution in [0.25, 0.3) is 0 Å². The molecule has 0 spiro atoms. The molecule has 4 unspecified atom stereocenters. The number of aliphatic carboxylic acids is 1. The summed E-state index contributed by atoms with van der Waals surface area (Å²) in [5.41, 5.74) is 13.6. The van der Waals surface area contributed by atoms with E-state index < -0.39 is 60.2 Å². The highest BCUT2D eigenvalue weighted by Gasteiger charge is 2.31. The molecule has 3 aromatic rings. The lowest BCUT2D eigenvalue weighted by atomic mass is 10.0. The van der Waals surface area contributed by atoms with E-state index in [2.05, 4.69) is 16.0 Å². The van der Waals surface area contributed by atoms with Crippen molar-refractivity contribution in [2.75, 3.05) is 0 Å². The predicted octanol–water partition coefficient (Wildman–Crippen LogP) is 0.456. The Kier molecular flexibility index (Phi) is 11.8. The van der Waals surface area contributed by atoms with Crippen molar-refractivity contribution in [2.24, 2.45) is 11.5 Å². The van der Waals surface area contributed by atoms with E-state index in [0.29, 0.717) is 5.56 Å². The smallest absolute Gasteiger partial charge is 0.326 e. The molecule has 0 fully saturated rings. The molecule has 0 radical (unpaired) electrons. The minimum Gasteiger partial charge on any atom is -0.480 e. The zero-order valence-electron chi connectivity index (χ0n) is 22.9. The molecule has 3 aromatic carbocycles. The summed E-state index contributed by atoms with van der Waals surface area (Å²) in [5.74, 6) is -4.41. The normalized spacial score (nSPS) is 13.5. The maximum absolute atomic E-state index is 13.6. The summed E-state index contributed by atoms with van der Waals surface area (Å²) >= 11 is 0. The summed E-state index contributed by atoms with van der Waals surface area (Å²) < 4.78 is 0. The van der Waals surface area contributed by atoms with Gasteiger partial charge in [-0.2, -0.15) is 0 Å². The van der Waals surface area contributed by atoms with Gasteiger partial charge in [0.05, 0.1) is 12.5 Å². The van der Waals surface area contributed by atoms with Crippen LogP contribution in [0.15, 0.2) is 91.0 Å². The molecule has 4 atom stereocenters. The average molecular weight is 574 g/mol. The Labute approximate surface area is 243 Å². The van der Waals surface area contributed by atoms with Crippen molar-refractivity contribution >= 4 is 29.6 Å². The first-order chi connectivity index (χ1) is 20.1. The van der Waals surface area contributed by atoms with Crippen LogP contribution in [0.5, 0.6) is 0 Å². The van der Waals surface area contributed by atoms with Crippen molar-refractivity contribution < 1.29 is 29.1 Å². The number of rotatable bonds is 15. The Bertz CT molecular complexity index is 1350. The van der Waals surface area contributed by atoms with Crippen LogP contribution in [0.3, 0.4) is 0 Å². The summed E-state index contributed by atoms with van der Waals surface area (Å²) in [6.07, 6.45) is -0.253. The van der Waals surface area contributed by atoms with Crippen LogP contribution in [0, 0.1) is 0 Å². The van der Waals surface area contributed by atoms with E-state index in [0.717, 1.165) is 11.1 Å². The molecular weight excluding hydrogens is 538 g/mol. The van der Waals surface area contributed by atoms with Crippen LogP contribution in [0.2, 0.25) is 0 Å². The van der Waals surface area contributed by atoms with Crippen molar-refractivity contribution in [3.63, 3.8) is 0 Å². The number of carboxylic acid groups (broad SMARTS) is 1. The lowest BCUT2D eigenvalue weighted by Crippen LogP contribution is -2.58. The largest absolute Gasteiger partial charge is 0.480 e. The fourth-order valence-corrected chi connectivity index (χ4v) is 4.30. The minimum atomic E-state index is -1.58. The monoisotopic (exact) mass is 573 g/mol. The van der Waals surface area contributed by atoms with Gasteiger partial charge < -0.3 is 32.5 Å². The zero-order valence-corrected chi connectivity index (χ0v) is 22.9. The molecule has 0 saturated carbocycles. The van der Waals surface area contributed by atoms with Gasteiger partial charge in [-0.3, -0.25) is 19.2 Å². The van der Waals surface area contributed by atoms with Gasteiger partial charge >= 0.3 is 5.97 Å². The van der Waals surface area contributed by atoms with Crippen molar-refractivity contribution in [1.82, 2.24) is 16.0 Å². The average Bonchev–Trinajstić information content (AvgIpc) is 2.97. The molecule has 220 valence electrons. The predicted molar refractivity (Wildman–Crippen MR) is 156 cm³/mol. The number of nitrogens with one attached hydrogen (secondary N) is 3. The third kappa shape index (κ3) is 10.2. The van der Waals surface area contributed by atoms with Gasteiger partial charge in [0, 0.05) is 12.8 Å². The first-order valence-electron chi connectivity index (χ1n) is 13.4. The maximum atomic E-state index is 13.6. The number of nitrogens with two attached hydrogens (primary N) is 2. The lowest BCUT2D eigenvalue weighted by Gasteiger charge is -2.25. The van der Waals surface area contributed by atoms with Gasteiger partial charge in [0.2, 0.25) is 23.6 Å². The summed E-state index contributed by atoms with van der Waals surface area (Å²) in [6.45, 7) is 0. The third-order valence-electron chi connectivity index (χ3n) is 6.49. The van der Waals surface area contributed by atoms with E-state index in [1.807, 2.05) is 36.4 Å². The second-order valence-corrected chi connectivity index (χ2v) is 9.87. The second kappa shape index (κ2) is 15.7. The molecule has 0 aromatic heterocycles. The molecule has 3 rings (SSSR count). The molecule has 0 aliphatic heterocycles. The molecule has 11 heteroatoms. The van der Waals surface area contributed by atoms with Crippen molar-refractivity contribution in [3.8, 4) is 0 Å². The SMILES string of the molecule is NC(=O)CC(NC(=O)C(Cc1ccccc1)NC(=O)C(Cc1ccccc1)NC(=O)C(N)Cc1ccccc1)C(=O)O. The summed E-state index contributed by atoms with van der Waals surface area (Å²) in [4.78, 5) is 62.9. The maximum Gasteiger partial charge on any atom is 0.326 e. The second-order valence-electron chi connectivity index (χ2n) is 9.87. The molecule has 8 N–H and O–H groups in total. The summed E-state index contributed by atoms with van der Waals surface area (Å²) in [6, 6.07) is 22.1. The Morgan fingerprint density at radius 2 is 0.929 bits per heavy atom. The van der Waals surface area contributed by atoms with E-state index in [9.17, 15) is 29.1 Å². The number of carbonyl (C=O) groups is 5. The van der Waals surface area contributed by atoms with Crippen LogP contribution < -0.4 is 27.4 Å². The molecular formula is C31H35N5O6. The van der Waals surface area contributed by atoms with Gasteiger partial charge in [-0.05, 0) is 23.1 Å². The van der Waals surface area contributed by atoms with Crippen LogP contribution in [-0.4, -0.2) is 58.9 Å². The summed E-state index contributed by atoms with van der Waals surface area (Å²) in [5, 5.41) is 17.1. The Morgan fingerprint density at radius 3 is 1.31 bits per heavy atom. The highest BCUT2D eigenvalue weighted by Crippen LogP contribution is 2.09. The number of carbonyl (C=O) groups excluding carboxylic acids is 4. The molecule has 4 amide bonds. The topological polar surface area (TPSA) is 194 Å². The van der Waals surface area contributed by atoms with Gasteiger partial charge in [0.25, 0.3) is 0 Å². The Hall–Kier alpha value is -5.03. The van der Waals surface area contributed by atoms with Gasteiger partial charge in [0.15, 0.2) is 0 Å². The summed E-state index contributed by atoms with van der Waals surface area (Å²) in [7, 11) is 0. The molecule has 0 aliphatic carbocycles. The number of benzene rings is 3. The van der Waals surface area contributed by atoms with Gasteiger partial charge in [-0.25, -0.2) is 4.79 Å². The van der Waals surface area contributed by atoms with Gasteiger partial charge in [-0.15, -0.1) is 0 Å². The molecule has 0 heterocycles. The standard InChI is InChI=1S/C31H35N5O6/c32-23(16-20-10-4-1-5-11-20)28(38)34-24(17-21-12-6-2-7-13-21)29(39)35-25(18-22-14-8-3-9-15-22)30(40)36-26(31(41)42)19-27(33)37/h1-15,23-26H,16-19,32H2,(H2,33,37)(H,34,38)(H,35,39)(H,36,40)(H,41,42). The van der Waals surface area contributed by atoms with Crippen molar-refractivity contribution in [3.05, 3.63) is 108 Å². The van der Waals surface area contributed by atoms with Crippen LogP contribution >= 0.6 is 0 Å². The molecule has 0 bridgehead atoms. The lowest BCUT2D eigenvalue weighted by molar-refractivity contribution is -0.143. The third-order valence-corrected chi connectivity index (χ3v) is 6.49. The van der Waals surface area contributed by atoms with Gasteiger partial charge in [0.1, 0.15) is 18.1 Å². The van der Waals surface area contributed by atoms with E-state index >= 15 is 0 Å². The van der Waals surface area contributed by atoms with E-state index in [4.69, 9.17) is 11.5 Å². The molecule has 0 saturated heterocycles. The minimum absolute atomic E-state index is 0.0147. The van der Waals surface area contributed by atoms with E-state index in [-0.39, 0.29) is 19.3 Å². The van der Waals surface area contributed by atoms with Gasteiger partial charge in [-0.1, -0.05) is 91.0 Å². The zero-order chi connectivity index (χ0) is 30.5. The fraction of sp³-hybridized carbons (Fsp3) is 0.258. The highest BCUT2D eigenvalue weighted by atomic mass is 16.4. The number of hydrogen-bond donors (Lipinski definition) is 6. The number of amides is 4. The fourth-order valence-electron chi connectivity index (χ4n) is 4.30. The number of carboxylic acids is 1. The Morgan fingerprint density at radius 1 is 0.571 bits per heavy atom. The van der Waals surface area contributed by atoms with Crippen LogP contribution in [0.1, 0.15) is 23.1 Å². The van der Waals surface area contributed by atoms with E-state index in [1.54, 1.807) is 54.6 Å². The Balaban J connectivity index is 1.82. The molecule has 42 heavy (non-hydrogen) atoms. The van der Waals surface area contributed by atoms with Crippen molar-refractivity contribution in [2.45, 2.75) is 49.9 Å². The van der Waals surface area contributed by atoms with E-state index in [1.165, 1.54) is 0 Å². The number of hydrogen-bond acceptors (Lipinski definition) is 6. The first kappa shape index (κ1) is 31.5.